The molecule has 0 aliphatic heterocycles. The van der Waals surface area contributed by atoms with Crippen LogP contribution in [0.4, 0.5) is 4.79 Å². The highest BCUT2D eigenvalue weighted by molar-refractivity contribution is 6.01. The first kappa shape index (κ1) is 17.9. The number of hydrogen-bond acceptors (Lipinski definition) is 5. The molecule has 0 radical (unpaired) electrons. The molecule has 20 heavy (non-hydrogen) atoms. The second kappa shape index (κ2) is 8.13. The zero-order valence-electron chi connectivity index (χ0n) is 11.2. The number of aliphatic hydroxyl groups excluding tert-OH is 1. The Balaban J connectivity index is 0.000000796. The molecule has 0 unspecified atom stereocenters. The fourth-order valence-electron chi connectivity index (χ4n) is 1.22. The maximum absolute atomic E-state index is 11.7. The van der Waals surface area contributed by atoms with Crippen molar-refractivity contribution in [1.29, 1.82) is 0 Å². The number of ketones is 1. The second-order valence-corrected chi connectivity index (χ2v) is 4.27. The number of aliphatic hydroxyl groups is 2. The van der Waals surface area contributed by atoms with Gasteiger partial charge in [0.15, 0.2) is 5.78 Å². The summed E-state index contributed by atoms with van der Waals surface area (Å²) in [6.07, 6.45) is -1.83. The van der Waals surface area contributed by atoms with Crippen molar-refractivity contribution in [3.05, 3.63) is 29.8 Å². The highest BCUT2D eigenvalue weighted by atomic mass is 16.6. The summed E-state index contributed by atoms with van der Waals surface area (Å²) >= 11 is 0. The van der Waals surface area contributed by atoms with Crippen LogP contribution in [0.2, 0.25) is 0 Å². The maximum atomic E-state index is 11.7. The van der Waals surface area contributed by atoms with Gasteiger partial charge in [0.05, 0.1) is 6.61 Å². The molecule has 1 aromatic carbocycles. The lowest BCUT2D eigenvalue weighted by Gasteiger charge is -2.15. The Hall–Kier alpha value is -2.12. The third kappa shape index (κ3) is 7.34. The molecule has 7 heteroatoms. The molecule has 0 bridgehead atoms. The Kier molecular flexibility index (Phi) is 7.27. The number of Topliss-reactive ketones (excluding diaryl/α,β-unsaturated/α-hetero) is 1. The van der Waals surface area contributed by atoms with Crippen molar-refractivity contribution in [3.63, 3.8) is 0 Å². The third-order valence-electron chi connectivity index (χ3n) is 2.03. The minimum atomic E-state index is -1.83. The topological polar surface area (TPSA) is 124 Å². The molecule has 4 N–H and O–H groups in total. The molecule has 7 nitrogen and oxygen atoms in total. The van der Waals surface area contributed by atoms with Crippen molar-refractivity contribution in [2.75, 3.05) is 13.2 Å². The molecule has 0 amide bonds. The Labute approximate surface area is 116 Å². The second-order valence-electron chi connectivity index (χ2n) is 4.27. The van der Waals surface area contributed by atoms with Crippen LogP contribution in [0, 0.1) is 0 Å². The zero-order valence-corrected chi connectivity index (χ0v) is 11.2. The lowest BCUT2D eigenvalue weighted by Crippen LogP contribution is -2.30. The van der Waals surface area contributed by atoms with Gasteiger partial charge in [0, 0.05) is 5.56 Å². The van der Waals surface area contributed by atoms with Gasteiger partial charge in [0.1, 0.15) is 18.0 Å². The van der Waals surface area contributed by atoms with Gasteiger partial charge in [-0.1, -0.05) is 0 Å². The van der Waals surface area contributed by atoms with E-state index in [1.807, 2.05) is 0 Å². The average molecular weight is 286 g/mol. The van der Waals surface area contributed by atoms with Crippen LogP contribution in [0.1, 0.15) is 24.2 Å². The van der Waals surface area contributed by atoms with Crippen molar-refractivity contribution >= 4 is 11.9 Å². The largest absolute Gasteiger partial charge is 0.503 e. The van der Waals surface area contributed by atoms with E-state index in [9.17, 15) is 9.90 Å². The zero-order chi connectivity index (χ0) is 15.8. The smallest absolute Gasteiger partial charge is 0.491 e. The van der Waals surface area contributed by atoms with E-state index >= 15 is 0 Å². The van der Waals surface area contributed by atoms with Crippen LogP contribution >= 0.6 is 0 Å². The molecule has 0 saturated heterocycles. The molecule has 0 atom stereocenters. The maximum Gasteiger partial charge on any atom is 0.503 e. The van der Waals surface area contributed by atoms with Gasteiger partial charge in [0.2, 0.25) is 0 Å². The third-order valence-corrected chi connectivity index (χ3v) is 2.03. The quantitative estimate of drug-likeness (QED) is 0.600. The molecule has 0 aromatic heterocycles. The van der Waals surface area contributed by atoms with E-state index in [-0.39, 0.29) is 19.0 Å². The lowest BCUT2D eigenvalue weighted by atomic mass is 9.97. The first-order valence-electron chi connectivity index (χ1n) is 5.71. The van der Waals surface area contributed by atoms with Gasteiger partial charge in [0.25, 0.3) is 0 Å². The molecule has 0 aliphatic carbocycles. The average Bonchev–Trinajstić information content (AvgIpc) is 2.34. The van der Waals surface area contributed by atoms with Gasteiger partial charge in [-0.15, -0.1) is 0 Å². The first-order valence-corrected chi connectivity index (χ1v) is 5.71. The molecule has 0 saturated carbocycles. The van der Waals surface area contributed by atoms with Crippen LogP contribution in [0.3, 0.4) is 0 Å². The van der Waals surface area contributed by atoms with E-state index in [0.717, 1.165) is 0 Å². The summed E-state index contributed by atoms with van der Waals surface area (Å²) in [7, 11) is 0. The van der Waals surface area contributed by atoms with Crippen molar-refractivity contribution in [3.8, 4) is 5.75 Å². The Morgan fingerprint density at radius 2 is 1.60 bits per heavy atom. The molecule has 0 spiro atoms. The lowest BCUT2D eigenvalue weighted by molar-refractivity contribution is 0.0488. The summed E-state index contributed by atoms with van der Waals surface area (Å²) in [5.41, 5.74) is -0.933. The molecule has 112 valence electrons. The van der Waals surface area contributed by atoms with E-state index in [4.69, 9.17) is 24.9 Å². The van der Waals surface area contributed by atoms with Crippen LogP contribution < -0.4 is 4.74 Å². The Bertz CT molecular complexity index is 427. The van der Waals surface area contributed by atoms with Gasteiger partial charge in [-0.05, 0) is 38.1 Å². The molecule has 1 rings (SSSR count). The number of carbonyl (C=O) groups is 2. The molecule has 0 heterocycles. The number of carboxylic acid groups (broad SMARTS) is 2. The van der Waals surface area contributed by atoms with Gasteiger partial charge < -0.3 is 25.2 Å². The van der Waals surface area contributed by atoms with E-state index < -0.39 is 11.8 Å². The van der Waals surface area contributed by atoms with Gasteiger partial charge >= 0.3 is 6.16 Å². The number of ether oxygens (including phenoxy) is 1. The predicted molar refractivity (Wildman–Crippen MR) is 70.3 cm³/mol. The minimum absolute atomic E-state index is 0.0512. The molecule has 0 aliphatic rings. The van der Waals surface area contributed by atoms with Gasteiger partial charge in [-0.25, -0.2) is 4.79 Å². The molecular formula is C13H18O7. The van der Waals surface area contributed by atoms with Crippen molar-refractivity contribution in [2.45, 2.75) is 19.4 Å². The molecule has 1 aromatic rings. The Morgan fingerprint density at radius 1 is 1.15 bits per heavy atom. The van der Waals surface area contributed by atoms with Crippen LogP contribution in [-0.2, 0) is 0 Å². The minimum Gasteiger partial charge on any atom is -0.491 e. The summed E-state index contributed by atoms with van der Waals surface area (Å²) in [5.74, 6) is 0.252. The number of rotatable bonds is 5. The van der Waals surface area contributed by atoms with Crippen LogP contribution in [0.5, 0.6) is 5.75 Å². The first-order chi connectivity index (χ1) is 9.18. The van der Waals surface area contributed by atoms with E-state index in [2.05, 4.69) is 0 Å². The Morgan fingerprint density at radius 3 is 1.95 bits per heavy atom. The number of hydrogen-bond donors (Lipinski definition) is 4. The van der Waals surface area contributed by atoms with E-state index in [0.29, 0.717) is 11.3 Å². The van der Waals surface area contributed by atoms with Crippen LogP contribution in [0.15, 0.2) is 24.3 Å². The van der Waals surface area contributed by atoms with E-state index in [1.54, 1.807) is 24.3 Å². The van der Waals surface area contributed by atoms with E-state index in [1.165, 1.54) is 13.8 Å². The molecular weight excluding hydrogens is 268 g/mol. The summed E-state index contributed by atoms with van der Waals surface area (Å²) in [4.78, 5) is 20.2. The summed E-state index contributed by atoms with van der Waals surface area (Å²) in [5, 5.41) is 32.0. The monoisotopic (exact) mass is 286 g/mol. The number of carbonyl (C=O) groups excluding carboxylic acids is 1. The van der Waals surface area contributed by atoms with Crippen molar-refractivity contribution < 1.29 is 34.8 Å². The van der Waals surface area contributed by atoms with Crippen LogP contribution in [-0.4, -0.2) is 51.2 Å². The van der Waals surface area contributed by atoms with Crippen molar-refractivity contribution in [2.24, 2.45) is 0 Å². The predicted octanol–water partition coefficient (Wildman–Crippen LogP) is 1.23. The SMILES string of the molecule is CC(C)(O)C(=O)c1ccc(OCCO)cc1.O=C(O)O. The van der Waals surface area contributed by atoms with Gasteiger partial charge in [-0.2, -0.15) is 0 Å². The number of benzene rings is 1. The highest BCUT2D eigenvalue weighted by Crippen LogP contribution is 2.16. The summed E-state index contributed by atoms with van der Waals surface area (Å²) in [6, 6.07) is 6.45. The van der Waals surface area contributed by atoms with Gasteiger partial charge in [-0.3, -0.25) is 4.79 Å². The van der Waals surface area contributed by atoms with Crippen molar-refractivity contribution in [1.82, 2.24) is 0 Å². The summed E-state index contributed by atoms with van der Waals surface area (Å²) in [6.45, 7) is 3.07. The van der Waals surface area contributed by atoms with Crippen LogP contribution in [0.25, 0.3) is 0 Å². The summed E-state index contributed by atoms with van der Waals surface area (Å²) < 4.78 is 5.15. The fourth-order valence-corrected chi connectivity index (χ4v) is 1.22. The molecule has 0 fully saturated rings. The standard InChI is InChI=1S/C12H16O4.CH2O3/c1-12(2,15)11(14)9-3-5-10(6-4-9)16-8-7-13;2-1(3)4/h3-6,13,15H,7-8H2,1-2H3;(H2,2,3,4). The fraction of sp³-hybridized carbons (Fsp3) is 0.385. The normalized spacial score (nSPS) is 10.2. The highest BCUT2D eigenvalue weighted by Gasteiger charge is 2.24.